The SMILES string of the molecule is Cl.Cl.NC1(C(=O)NC2CCN(Cc3ccc(Cl)c(Cl)c3)CC2)CCCC1. The molecule has 0 spiro atoms. The van der Waals surface area contributed by atoms with Crippen molar-refractivity contribution in [2.45, 2.75) is 56.7 Å². The number of benzene rings is 1. The maximum Gasteiger partial charge on any atom is 0.240 e. The number of amides is 1. The van der Waals surface area contributed by atoms with Gasteiger partial charge < -0.3 is 11.1 Å². The first-order chi connectivity index (χ1) is 11.5. The number of likely N-dealkylation sites (tertiary alicyclic amines) is 1. The van der Waals surface area contributed by atoms with Crippen molar-refractivity contribution in [3.05, 3.63) is 33.8 Å². The minimum Gasteiger partial charge on any atom is -0.352 e. The molecule has 1 amide bonds. The van der Waals surface area contributed by atoms with E-state index < -0.39 is 5.54 Å². The first-order valence-electron chi connectivity index (χ1n) is 8.72. The van der Waals surface area contributed by atoms with E-state index in [9.17, 15) is 4.79 Å². The normalized spacial score (nSPS) is 20.1. The summed E-state index contributed by atoms with van der Waals surface area (Å²) in [6.45, 7) is 2.78. The second-order valence-corrected chi connectivity index (χ2v) is 7.95. The molecule has 1 heterocycles. The zero-order valence-electron chi connectivity index (χ0n) is 14.7. The zero-order chi connectivity index (χ0) is 17.2. The lowest BCUT2D eigenvalue weighted by Gasteiger charge is -2.34. The van der Waals surface area contributed by atoms with Crippen molar-refractivity contribution < 1.29 is 4.79 Å². The summed E-state index contributed by atoms with van der Waals surface area (Å²) in [7, 11) is 0. The smallest absolute Gasteiger partial charge is 0.240 e. The third kappa shape index (κ3) is 5.88. The highest BCUT2D eigenvalue weighted by Crippen LogP contribution is 2.28. The van der Waals surface area contributed by atoms with E-state index in [2.05, 4.69) is 10.2 Å². The van der Waals surface area contributed by atoms with Gasteiger partial charge in [0.2, 0.25) is 5.91 Å². The Morgan fingerprint density at radius 3 is 2.35 bits per heavy atom. The molecule has 3 N–H and O–H groups in total. The van der Waals surface area contributed by atoms with Crippen LogP contribution in [-0.4, -0.2) is 35.5 Å². The third-order valence-electron chi connectivity index (χ3n) is 5.26. The molecule has 4 nitrogen and oxygen atoms in total. The van der Waals surface area contributed by atoms with Gasteiger partial charge in [-0.15, -0.1) is 24.8 Å². The molecule has 1 saturated heterocycles. The van der Waals surface area contributed by atoms with Gasteiger partial charge in [0.25, 0.3) is 0 Å². The fourth-order valence-corrected chi connectivity index (χ4v) is 4.01. The van der Waals surface area contributed by atoms with Gasteiger partial charge >= 0.3 is 0 Å². The van der Waals surface area contributed by atoms with E-state index >= 15 is 0 Å². The van der Waals surface area contributed by atoms with Crippen molar-refractivity contribution in [1.29, 1.82) is 0 Å². The van der Waals surface area contributed by atoms with Crippen LogP contribution in [0.25, 0.3) is 0 Å². The van der Waals surface area contributed by atoms with Crippen molar-refractivity contribution in [2.75, 3.05) is 13.1 Å². The number of piperidine rings is 1. The van der Waals surface area contributed by atoms with Crippen molar-refractivity contribution in [2.24, 2.45) is 5.73 Å². The maximum absolute atomic E-state index is 12.4. The number of nitrogens with one attached hydrogen (secondary N) is 1. The van der Waals surface area contributed by atoms with Gasteiger partial charge in [0, 0.05) is 25.7 Å². The standard InChI is InChI=1S/C18H25Cl2N3O.2ClH/c19-15-4-3-13(11-16(15)20)12-23-9-5-14(6-10-23)22-17(24)18(21)7-1-2-8-18;;/h3-4,11,14H,1-2,5-10,12,21H2,(H,22,24);2*1H. The summed E-state index contributed by atoms with van der Waals surface area (Å²) in [5, 5.41) is 4.36. The highest BCUT2D eigenvalue weighted by Gasteiger charge is 2.38. The maximum atomic E-state index is 12.4. The molecule has 0 aromatic heterocycles. The lowest BCUT2D eigenvalue weighted by molar-refractivity contribution is -0.127. The predicted octanol–water partition coefficient (Wildman–Crippen LogP) is 4.19. The number of hydrogen-bond acceptors (Lipinski definition) is 3. The minimum atomic E-state index is -0.628. The van der Waals surface area contributed by atoms with Crippen molar-refractivity contribution in [3.63, 3.8) is 0 Å². The lowest BCUT2D eigenvalue weighted by atomic mass is 9.96. The van der Waals surface area contributed by atoms with Crippen LogP contribution in [0.1, 0.15) is 44.1 Å². The Balaban J connectivity index is 0.00000169. The number of carbonyl (C=O) groups is 1. The molecule has 1 aromatic carbocycles. The second kappa shape index (κ2) is 10.4. The molecule has 1 aliphatic heterocycles. The number of hydrogen-bond donors (Lipinski definition) is 2. The largest absolute Gasteiger partial charge is 0.352 e. The van der Waals surface area contributed by atoms with E-state index in [0.29, 0.717) is 10.0 Å². The van der Waals surface area contributed by atoms with E-state index in [0.717, 1.165) is 58.2 Å². The van der Waals surface area contributed by atoms with Gasteiger partial charge in [0.15, 0.2) is 0 Å². The molecule has 1 saturated carbocycles. The number of rotatable bonds is 4. The van der Waals surface area contributed by atoms with Gasteiger partial charge in [-0.1, -0.05) is 42.1 Å². The Bertz CT molecular complexity index is 600. The Morgan fingerprint density at radius 1 is 1.15 bits per heavy atom. The monoisotopic (exact) mass is 441 g/mol. The fraction of sp³-hybridized carbons (Fsp3) is 0.611. The average Bonchev–Trinajstić information content (AvgIpc) is 3.01. The summed E-state index contributed by atoms with van der Waals surface area (Å²) in [4.78, 5) is 14.8. The highest BCUT2D eigenvalue weighted by molar-refractivity contribution is 6.42. The summed E-state index contributed by atoms with van der Waals surface area (Å²) >= 11 is 12.0. The van der Waals surface area contributed by atoms with Crippen LogP contribution < -0.4 is 11.1 Å². The molecule has 1 aliphatic carbocycles. The van der Waals surface area contributed by atoms with Crippen molar-refractivity contribution >= 4 is 53.9 Å². The molecule has 0 bridgehead atoms. The van der Waals surface area contributed by atoms with Gasteiger partial charge in [-0.2, -0.15) is 0 Å². The lowest BCUT2D eigenvalue weighted by Crippen LogP contribution is -2.56. The first kappa shape index (κ1) is 23.8. The fourth-order valence-electron chi connectivity index (χ4n) is 3.69. The molecular formula is C18H27Cl4N3O. The molecule has 26 heavy (non-hydrogen) atoms. The number of carbonyl (C=O) groups excluding carboxylic acids is 1. The van der Waals surface area contributed by atoms with Crippen LogP contribution in [0, 0.1) is 0 Å². The van der Waals surface area contributed by atoms with Crippen molar-refractivity contribution in [3.8, 4) is 0 Å². The topological polar surface area (TPSA) is 58.4 Å². The second-order valence-electron chi connectivity index (χ2n) is 7.14. The molecule has 0 unspecified atom stereocenters. The molecule has 1 aromatic rings. The summed E-state index contributed by atoms with van der Waals surface area (Å²) in [5.41, 5.74) is 6.77. The van der Waals surface area contributed by atoms with E-state index in [-0.39, 0.29) is 36.8 Å². The molecule has 0 atom stereocenters. The molecule has 3 rings (SSSR count). The van der Waals surface area contributed by atoms with Gasteiger partial charge in [0.1, 0.15) is 0 Å². The highest BCUT2D eigenvalue weighted by atomic mass is 35.5. The van der Waals surface area contributed by atoms with Crippen LogP contribution in [-0.2, 0) is 11.3 Å². The zero-order valence-corrected chi connectivity index (χ0v) is 17.8. The molecule has 0 radical (unpaired) electrons. The van der Waals surface area contributed by atoms with E-state index in [1.807, 2.05) is 18.2 Å². The summed E-state index contributed by atoms with van der Waals surface area (Å²) in [6.07, 6.45) is 5.67. The summed E-state index contributed by atoms with van der Waals surface area (Å²) in [6, 6.07) is 6.02. The van der Waals surface area contributed by atoms with Gasteiger partial charge in [-0.3, -0.25) is 9.69 Å². The quantitative estimate of drug-likeness (QED) is 0.734. The van der Waals surface area contributed by atoms with Crippen LogP contribution >= 0.6 is 48.0 Å². The summed E-state index contributed by atoms with van der Waals surface area (Å²) in [5.74, 6) is 0.0444. The van der Waals surface area contributed by atoms with E-state index in [4.69, 9.17) is 28.9 Å². The van der Waals surface area contributed by atoms with E-state index in [1.54, 1.807) is 0 Å². The number of nitrogens with zero attached hydrogens (tertiary/aromatic N) is 1. The van der Waals surface area contributed by atoms with Gasteiger partial charge in [0.05, 0.1) is 15.6 Å². The van der Waals surface area contributed by atoms with Crippen LogP contribution in [0.2, 0.25) is 10.0 Å². The van der Waals surface area contributed by atoms with Crippen LogP contribution in [0.3, 0.4) is 0 Å². The van der Waals surface area contributed by atoms with E-state index in [1.165, 1.54) is 5.56 Å². The Labute approximate surface area is 178 Å². The van der Waals surface area contributed by atoms with Crippen molar-refractivity contribution in [1.82, 2.24) is 10.2 Å². The predicted molar refractivity (Wildman–Crippen MR) is 113 cm³/mol. The number of nitrogens with two attached hydrogens (primary N) is 1. The third-order valence-corrected chi connectivity index (χ3v) is 6.00. The minimum absolute atomic E-state index is 0. The van der Waals surface area contributed by atoms with Gasteiger partial charge in [-0.25, -0.2) is 0 Å². The average molecular weight is 443 g/mol. The molecule has 8 heteroatoms. The first-order valence-corrected chi connectivity index (χ1v) is 9.48. The molecule has 148 valence electrons. The van der Waals surface area contributed by atoms with Crippen LogP contribution in [0.15, 0.2) is 18.2 Å². The molecule has 2 fully saturated rings. The number of halogens is 4. The van der Waals surface area contributed by atoms with Crippen LogP contribution in [0.4, 0.5) is 0 Å². The van der Waals surface area contributed by atoms with Crippen LogP contribution in [0.5, 0.6) is 0 Å². The Hall–Kier alpha value is -0.230. The Kier molecular flexibility index (Phi) is 9.48. The molecular weight excluding hydrogens is 416 g/mol. The Morgan fingerprint density at radius 2 is 1.77 bits per heavy atom. The van der Waals surface area contributed by atoms with Gasteiger partial charge in [-0.05, 0) is 43.4 Å². The molecule has 2 aliphatic rings. The summed E-state index contributed by atoms with van der Waals surface area (Å²) < 4.78 is 0.